The Kier molecular flexibility index (Phi) is 3.96. The quantitative estimate of drug-likeness (QED) is 0.842. The van der Waals surface area contributed by atoms with E-state index in [2.05, 4.69) is 10.1 Å². The Bertz CT molecular complexity index is 319. The van der Waals surface area contributed by atoms with E-state index in [0.717, 1.165) is 6.42 Å². The van der Waals surface area contributed by atoms with E-state index in [0.29, 0.717) is 11.7 Å². The minimum atomic E-state index is -0.602. The SMILES string of the molecule is CCC([AsH2])[C@@H](O)c1noc(C(C)(C)C)n1. The summed E-state index contributed by atoms with van der Waals surface area (Å²) >= 11 is 1.50. The standard InChI is InChI=1S/C10H19AsN2O2/c1-5-6(11)7(14)8-12-9(15-13-8)10(2,3)4/h6-7,14H,5,11H2,1-4H3/t6?,7-/m1/s1. The van der Waals surface area contributed by atoms with Crippen molar-refractivity contribution in [2.75, 3.05) is 0 Å². The molecule has 1 N–H and O–H groups in total. The molecular formula is C10H19AsN2O2. The van der Waals surface area contributed by atoms with Crippen molar-refractivity contribution in [3.8, 4) is 0 Å². The topological polar surface area (TPSA) is 59.2 Å². The molecule has 5 heteroatoms. The summed E-state index contributed by atoms with van der Waals surface area (Å²) in [6.07, 6.45) is 0.315. The molecule has 0 bridgehead atoms. The molecule has 0 saturated carbocycles. The summed E-state index contributed by atoms with van der Waals surface area (Å²) in [6.45, 7) is 8.05. The van der Waals surface area contributed by atoms with E-state index in [-0.39, 0.29) is 10.1 Å². The second-order valence-corrected chi connectivity index (χ2v) is 6.52. The molecule has 0 spiro atoms. The van der Waals surface area contributed by atoms with E-state index >= 15 is 0 Å². The number of rotatable bonds is 3. The van der Waals surface area contributed by atoms with E-state index in [4.69, 9.17) is 4.52 Å². The van der Waals surface area contributed by atoms with Gasteiger partial charge in [-0.3, -0.25) is 0 Å². The van der Waals surface area contributed by atoms with Crippen LogP contribution in [0.2, 0.25) is 4.71 Å². The van der Waals surface area contributed by atoms with Gasteiger partial charge in [0.1, 0.15) is 0 Å². The average molecular weight is 274 g/mol. The van der Waals surface area contributed by atoms with Gasteiger partial charge in [0.25, 0.3) is 0 Å². The molecule has 1 aromatic rings. The monoisotopic (exact) mass is 274 g/mol. The Morgan fingerprint density at radius 1 is 1.47 bits per heavy atom. The molecule has 1 aromatic heterocycles. The number of nitrogens with zero attached hydrogens (tertiary/aromatic N) is 2. The fraction of sp³-hybridized carbons (Fsp3) is 0.800. The fourth-order valence-corrected chi connectivity index (χ4v) is 1.44. The van der Waals surface area contributed by atoms with Crippen LogP contribution in [-0.4, -0.2) is 32.1 Å². The van der Waals surface area contributed by atoms with Gasteiger partial charge in [-0.05, 0) is 0 Å². The van der Waals surface area contributed by atoms with E-state index in [1.165, 1.54) is 16.9 Å². The van der Waals surface area contributed by atoms with Crippen molar-refractivity contribution in [2.24, 2.45) is 0 Å². The van der Waals surface area contributed by atoms with Crippen molar-refractivity contribution >= 4 is 16.9 Å². The van der Waals surface area contributed by atoms with Crippen molar-refractivity contribution < 1.29 is 9.63 Å². The molecular weight excluding hydrogens is 255 g/mol. The van der Waals surface area contributed by atoms with Gasteiger partial charge in [-0.25, -0.2) is 0 Å². The minimum absolute atomic E-state index is 0.161. The number of aliphatic hydroxyl groups is 1. The first-order chi connectivity index (χ1) is 6.86. The van der Waals surface area contributed by atoms with Crippen molar-refractivity contribution in [3.63, 3.8) is 0 Å². The van der Waals surface area contributed by atoms with Crippen molar-refractivity contribution in [3.05, 3.63) is 11.7 Å². The van der Waals surface area contributed by atoms with Crippen LogP contribution in [0.3, 0.4) is 0 Å². The molecule has 0 fully saturated rings. The van der Waals surface area contributed by atoms with Gasteiger partial charge in [0.2, 0.25) is 0 Å². The maximum absolute atomic E-state index is 9.90. The summed E-state index contributed by atoms with van der Waals surface area (Å²) in [4.78, 5) is 4.23. The van der Waals surface area contributed by atoms with Crippen LogP contribution in [0.5, 0.6) is 0 Å². The summed E-state index contributed by atoms with van der Waals surface area (Å²) in [5, 5.41) is 13.7. The summed E-state index contributed by atoms with van der Waals surface area (Å²) in [6, 6.07) is 0. The molecule has 0 amide bonds. The first-order valence-electron chi connectivity index (χ1n) is 5.14. The molecule has 2 unspecified atom stereocenters. The number of hydrogen-bond acceptors (Lipinski definition) is 4. The zero-order chi connectivity index (χ0) is 11.6. The van der Waals surface area contributed by atoms with Gasteiger partial charge in [-0.2, -0.15) is 0 Å². The van der Waals surface area contributed by atoms with Crippen LogP contribution in [0.15, 0.2) is 4.52 Å². The predicted octanol–water partition coefficient (Wildman–Crippen LogP) is 1.23. The Morgan fingerprint density at radius 3 is 2.47 bits per heavy atom. The van der Waals surface area contributed by atoms with Gasteiger partial charge >= 0.3 is 98.7 Å². The Balaban J connectivity index is 2.85. The third kappa shape index (κ3) is 3.05. The third-order valence-electron chi connectivity index (χ3n) is 2.22. The molecule has 1 heterocycles. The Labute approximate surface area is 99.0 Å². The van der Waals surface area contributed by atoms with Gasteiger partial charge in [-0.15, -0.1) is 0 Å². The molecule has 86 valence electrons. The third-order valence-corrected chi connectivity index (χ3v) is 3.98. The second kappa shape index (κ2) is 4.67. The van der Waals surface area contributed by atoms with E-state index < -0.39 is 6.10 Å². The van der Waals surface area contributed by atoms with Gasteiger partial charge in [-0.1, -0.05) is 0 Å². The molecule has 0 radical (unpaired) electrons. The van der Waals surface area contributed by atoms with Crippen molar-refractivity contribution in [1.29, 1.82) is 0 Å². The second-order valence-electron chi connectivity index (χ2n) is 4.72. The Morgan fingerprint density at radius 2 is 2.07 bits per heavy atom. The maximum atomic E-state index is 9.90. The summed E-state index contributed by atoms with van der Waals surface area (Å²) in [5.74, 6) is 0.989. The van der Waals surface area contributed by atoms with E-state index in [9.17, 15) is 5.11 Å². The van der Waals surface area contributed by atoms with Crippen LogP contribution < -0.4 is 0 Å². The summed E-state index contributed by atoms with van der Waals surface area (Å²) in [5.41, 5.74) is -0.161. The average Bonchev–Trinajstić information content (AvgIpc) is 2.63. The summed E-state index contributed by atoms with van der Waals surface area (Å²) < 4.78 is 5.34. The van der Waals surface area contributed by atoms with Crippen LogP contribution in [0.25, 0.3) is 0 Å². The predicted molar refractivity (Wildman–Crippen MR) is 60.5 cm³/mol. The zero-order valence-corrected chi connectivity index (χ0v) is 12.1. The normalized spacial score (nSPS) is 16.4. The number of aromatic nitrogens is 2. The summed E-state index contributed by atoms with van der Waals surface area (Å²) in [7, 11) is 0. The molecule has 0 saturated heterocycles. The molecule has 15 heavy (non-hydrogen) atoms. The molecule has 3 atom stereocenters. The van der Waals surface area contributed by atoms with Crippen molar-refractivity contribution in [2.45, 2.75) is 50.3 Å². The van der Waals surface area contributed by atoms with Crippen molar-refractivity contribution in [1.82, 2.24) is 10.1 Å². The first-order valence-corrected chi connectivity index (χ1v) is 6.54. The molecule has 1 rings (SSSR count). The van der Waals surface area contributed by atoms with Gasteiger partial charge in [0.15, 0.2) is 0 Å². The van der Waals surface area contributed by atoms with Crippen LogP contribution in [0.4, 0.5) is 0 Å². The van der Waals surface area contributed by atoms with Crippen LogP contribution >= 0.6 is 0 Å². The van der Waals surface area contributed by atoms with Gasteiger partial charge < -0.3 is 0 Å². The van der Waals surface area contributed by atoms with Crippen LogP contribution in [0.1, 0.15) is 51.9 Å². The number of aliphatic hydroxyl groups excluding tert-OH is 1. The van der Waals surface area contributed by atoms with Crippen LogP contribution in [-0.2, 0) is 5.41 Å². The number of hydrogen-bond donors (Lipinski definition) is 1. The Hall–Kier alpha value is -0.342. The zero-order valence-electron chi connectivity index (χ0n) is 9.69. The van der Waals surface area contributed by atoms with Gasteiger partial charge in [0.05, 0.1) is 0 Å². The molecule has 4 nitrogen and oxygen atoms in total. The molecule has 0 aliphatic heterocycles. The van der Waals surface area contributed by atoms with E-state index in [1.54, 1.807) is 0 Å². The van der Waals surface area contributed by atoms with Gasteiger partial charge in [0, 0.05) is 0 Å². The molecule has 0 aliphatic rings. The fourth-order valence-electron chi connectivity index (χ4n) is 1.07. The molecule has 0 aromatic carbocycles. The van der Waals surface area contributed by atoms with E-state index in [1.807, 2.05) is 27.7 Å². The first kappa shape index (κ1) is 12.7. The van der Waals surface area contributed by atoms with Crippen LogP contribution in [0, 0.1) is 0 Å². The molecule has 0 aliphatic carbocycles.